The molecule has 3 heterocycles. The zero-order valence-corrected chi connectivity index (χ0v) is 24.4. The first kappa shape index (κ1) is 30.3. The van der Waals surface area contributed by atoms with Crippen molar-refractivity contribution in [2.24, 2.45) is 11.7 Å². The Bertz CT molecular complexity index is 1320. The molecule has 0 radical (unpaired) electrons. The molecule has 12 heteroatoms. The highest BCUT2D eigenvalue weighted by Gasteiger charge is 2.51. The normalized spacial score (nSPS) is 18.5. The number of hydrogen-bond donors (Lipinski definition) is 1. The summed E-state index contributed by atoms with van der Waals surface area (Å²) in [6.07, 6.45) is 3.60. The number of amides is 2. The summed E-state index contributed by atoms with van der Waals surface area (Å²) >= 11 is 16.1. The van der Waals surface area contributed by atoms with E-state index in [0.29, 0.717) is 54.0 Å². The number of anilines is 3. The topological polar surface area (TPSA) is 119 Å². The Labute approximate surface area is 245 Å². The molecule has 2 aromatic carbocycles. The first-order valence-corrected chi connectivity index (χ1v) is 13.5. The van der Waals surface area contributed by atoms with Crippen LogP contribution in [0, 0.1) is 5.92 Å². The van der Waals surface area contributed by atoms with Crippen LogP contribution in [0.3, 0.4) is 0 Å². The number of nitrogens with two attached hydrogens (primary N) is 1. The number of piperidine rings is 1. The van der Waals surface area contributed by atoms with Crippen LogP contribution < -0.4 is 15.5 Å². The lowest BCUT2D eigenvalue weighted by molar-refractivity contribution is -0.124. The maximum absolute atomic E-state index is 14.1. The molecule has 2 aliphatic rings. The summed E-state index contributed by atoms with van der Waals surface area (Å²) in [5.74, 6) is 0.845. The van der Waals surface area contributed by atoms with E-state index in [1.54, 1.807) is 29.3 Å². The van der Waals surface area contributed by atoms with E-state index in [-0.39, 0.29) is 17.7 Å². The predicted molar refractivity (Wildman–Crippen MR) is 156 cm³/mol. The third-order valence-corrected chi connectivity index (χ3v) is 7.84. The van der Waals surface area contributed by atoms with Crippen LogP contribution in [-0.2, 0) is 31.1 Å². The van der Waals surface area contributed by atoms with E-state index in [0.717, 1.165) is 15.9 Å². The minimum absolute atomic E-state index is 0.116. The van der Waals surface area contributed by atoms with Crippen LogP contribution in [-0.4, -0.2) is 48.0 Å². The minimum atomic E-state index is -0.940. The summed E-state index contributed by atoms with van der Waals surface area (Å²) in [7, 11) is 0. The average molecular weight is 637 g/mol. The molecule has 39 heavy (non-hydrogen) atoms. The summed E-state index contributed by atoms with van der Waals surface area (Å²) in [6, 6.07) is 13.0. The summed E-state index contributed by atoms with van der Waals surface area (Å²) in [5, 5.41) is 0.877. The molecule has 0 unspecified atom stereocenters. The number of hydrogen-bond acceptors (Lipinski definition) is 6. The molecule has 1 atom stereocenters. The van der Waals surface area contributed by atoms with Crippen molar-refractivity contribution in [3.05, 3.63) is 68.7 Å². The third kappa shape index (κ3) is 6.03. The van der Waals surface area contributed by atoms with Gasteiger partial charge in [0.1, 0.15) is 24.9 Å². The van der Waals surface area contributed by atoms with Crippen molar-refractivity contribution in [2.75, 3.05) is 22.9 Å². The largest absolute Gasteiger partial charge is 0.369 e. The van der Waals surface area contributed by atoms with Gasteiger partial charge in [0.15, 0.2) is 0 Å². The maximum Gasteiger partial charge on any atom is 0.260 e. The van der Waals surface area contributed by atoms with Crippen LogP contribution in [0.1, 0.15) is 25.3 Å². The lowest BCUT2D eigenvalue weighted by Gasteiger charge is -2.35. The second-order valence-electron chi connectivity index (χ2n) is 9.26. The SMILES string of the molecule is C=O.C=O.C[C@@]1(Cc2ccc(Br)cc2)C(=O)N(c2cc(Cl)cc(Cl)c2)c2ncc(N3CCC(C(N)=O)CC3)n21. The number of halogens is 3. The monoisotopic (exact) mass is 635 g/mol. The van der Waals surface area contributed by atoms with Gasteiger partial charge in [-0.2, -0.15) is 0 Å². The van der Waals surface area contributed by atoms with Crippen molar-refractivity contribution >= 4 is 82.0 Å². The molecule has 0 spiro atoms. The molecule has 3 aromatic rings. The summed E-state index contributed by atoms with van der Waals surface area (Å²) in [5.41, 5.74) is 6.18. The highest BCUT2D eigenvalue weighted by atomic mass is 79.9. The van der Waals surface area contributed by atoms with Crippen LogP contribution in [0.5, 0.6) is 0 Å². The number of carbonyl (C=O) groups is 4. The molecule has 5 rings (SSSR count). The smallest absolute Gasteiger partial charge is 0.260 e. The highest BCUT2D eigenvalue weighted by molar-refractivity contribution is 9.10. The van der Waals surface area contributed by atoms with E-state index in [4.69, 9.17) is 38.5 Å². The van der Waals surface area contributed by atoms with Gasteiger partial charge >= 0.3 is 0 Å². The second-order valence-corrected chi connectivity index (χ2v) is 11.0. The number of carbonyl (C=O) groups excluding carboxylic acids is 4. The summed E-state index contributed by atoms with van der Waals surface area (Å²) < 4.78 is 2.98. The number of benzene rings is 2. The van der Waals surface area contributed by atoms with E-state index in [1.807, 2.05) is 49.3 Å². The summed E-state index contributed by atoms with van der Waals surface area (Å²) in [4.78, 5) is 50.2. The maximum atomic E-state index is 14.1. The van der Waals surface area contributed by atoms with Crippen molar-refractivity contribution in [3.63, 3.8) is 0 Å². The van der Waals surface area contributed by atoms with Crippen molar-refractivity contribution < 1.29 is 19.2 Å². The van der Waals surface area contributed by atoms with Crippen LogP contribution in [0.25, 0.3) is 0 Å². The molecule has 2 aliphatic heterocycles. The summed E-state index contributed by atoms with van der Waals surface area (Å²) in [6.45, 7) is 7.25. The van der Waals surface area contributed by atoms with Gasteiger partial charge in [-0.05, 0) is 55.7 Å². The lowest BCUT2D eigenvalue weighted by atomic mass is 9.91. The molecule has 2 amide bonds. The fraction of sp³-hybridized carbons (Fsp3) is 0.296. The van der Waals surface area contributed by atoms with E-state index in [1.165, 1.54) is 0 Å². The Morgan fingerprint density at radius 1 is 1.08 bits per heavy atom. The van der Waals surface area contributed by atoms with Gasteiger partial charge in [0.05, 0.1) is 11.9 Å². The van der Waals surface area contributed by atoms with Crippen molar-refractivity contribution in [2.45, 2.75) is 31.7 Å². The Balaban J connectivity index is 0.00000100. The second kappa shape index (κ2) is 12.8. The number of rotatable bonds is 5. The Morgan fingerprint density at radius 2 is 1.64 bits per heavy atom. The van der Waals surface area contributed by atoms with Crippen molar-refractivity contribution in [1.29, 1.82) is 0 Å². The molecule has 0 bridgehead atoms. The van der Waals surface area contributed by atoms with Gasteiger partial charge in [-0.15, -0.1) is 0 Å². The molecule has 1 fully saturated rings. The number of fused-ring (bicyclic) bond motifs is 1. The van der Waals surface area contributed by atoms with Crippen molar-refractivity contribution in [1.82, 2.24) is 9.55 Å². The first-order chi connectivity index (χ1) is 18.7. The van der Waals surface area contributed by atoms with Crippen LogP contribution >= 0.6 is 39.1 Å². The zero-order chi connectivity index (χ0) is 28.9. The first-order valence-electron chi connectivity index (χ1n) is 11.9. The molecule has 1 saturated heterocycles. The molecule has 0 saturated carbocycles. The van der Waals surface area contributed by atoms with E-state index in [2.05, 4.69) is 25.8 Å². The number of aromatic nitrogens is 2. The third-order valence-electron chi connectivity index (χ3n) is 6.87. The molecule has 206 valence electrons. The number of imidazole rings is 1. The van der Waals surface area contributed by atoms with Crippen molar-refractivity contribution in [3.8, 4) is 0 Å². The molecular weight excluding hydrogens is 609 g/mol. The van der Waals surface area contributed by atoms with Gasteiger partial charge in [-0.1, -0.05) is 51.3 Å². The van der Waals surface area contributed by atoms with Crippen LogP contribution in [0.2, 0.25) is 10.0 Å². The fourth-order valence-corrected chi connectivity index (χ4v) is 5.84. The fourth-order valence-electron chi connectivity index (χ4n) is 5.06. The molecule has 9 nitrogen and oxygen atoms in total. The van der Waals surface area contributed by atoms with E-state index >= 15 is 0 Å². The molecule has 1 aromatic heterocycles. The molecular formula is C27H28BrCl2N5O4. The van der Waals surface area contributed by atoms with Crippen LogP contribution in [0.15, 0.2) is 53.1 Å². The highest BCUT2D eigenvalue weighted by Crippen LogP contribution is 2.46. The molecule has 0 aliphatic carbocycles. The number of nitrogens with zero attached hydrogens (tertiary/aromatic N) is 4. The minimum Gasteiger partial charge on any atom is -0.369 e. The predicted octanol–water partition coefficient (Wildman–Crippen LogP) is 4.92. The number of primary amides is 1. The van der Waals surface area contributed by atoms with Gasteiger partial charge in [0, 0.05) is 39.9 Å². The lowest BCUT2D eigenvalue weighted by Crippen LogP contribution is -2.44. The quantitative estimate of drug-likeness (QED) is 0.425. The van der Waals surface area contributed by atoms with E-state index in [9.17, 15) is 9.59 Å². The van der Waals surface area contributed by atoms with Gasteiger partial charge < -0.3 is 20.2 Å². The Morgan fingerprint density at radius 3 is 2.18 bits per heavy atom. The van der Waals surface area contributed by atoms with E-state index < -0.39 is 5.54 Å². The van der Waals surface area contributed by atoms with Gasteiger partial charge in [-0.25, -0.2) is 9.88 Å². The van der Waals surface area contributed by atoms with Gasteiger partial charge in [0.25, 0.3) is 5.91 Å². The zero-order valence-electron chi connectivity index (χ0n) is 21.3. The average Bonchev–Trinajstić information content (AvgIpc) is 3.45. The standard InChI is InChI=1S/C25H24BrCl2N5O2.2CH2O/c1-25(13-15-2-4-17(26)5-3-15)23(35)32(20-11-18(27)10-19(28)12-20)24-30-14-21(33(24)25)31-8-6-16(7-9-31)22(29)34;2*1-2/h2-5,10-12,14,16H,6-9,13H2,1H3,(H2,29,34);2*1H2/t25-;;/m1../s1. The molecule has 2 N–H and O–H groups in total. The van der Waals surface area contributed by atoms with Gasteiger partial charge in [0.2, 0.25) is 11.9 Å². The van der Waals surface area contributed by atoms with Crippen LogP contribution in [0.4, 0.5) is 17.5 Å². The van der Waals surface area contributed by atoms with Gasteiger partial charge in [-0.3, -0.25) is 14.2 Å². The Kier molecular flexibility index (Phi) is 9.93. The Hall–Kier alpha value is -3.21.